The van der Waals surface area contributed by atoms with E-state index in [0.717, 1.165) is 6.54 Å². The molecule has 0 saturated carbocycles. The van der Waals surface area contributed by atoms with E-state index in [-0.39, 0.29) is 0 Å². The average molecular weight is 293 g/mol. The van der Waals surface area contributed by atoms with Crippen LogP contribution in [0.3, 0.4) is 0 Å². The Labute approximate surface area is 132 Å². The summed E-state index contributed by atoms with van der Waals surface area (Å²) >= 11 is 0. The monoisotopic (exact) mass is 292 g/mol. The summed E-state index contributed by atoms with van der Waals surface area (Å²) in [6.07, 6.45) is 14.6. The van der Waals surface area contributed by atoms with Crippen molar-refractivity contribution in [3.8, 4) is 0 Å². The summed E-state index contributed by atoms with van der Waals surface area (Å²) < 4.78 is 0. The van der Waals surface area contributed by atoms with Gasteiger partial charge >= 0.3 is 0 Å². The molecule has 1 saturated heterocycles. The molecule has 0 amide bonds. The van der Waals surface area contributed by atoms with E-state index in [4.69, 9.17) is 0 Å². The smallest absolute Gasteiger partial charge is 0.0463 e. The number of nitrogens with one attached hydrogen (secondary N) is 1. The SMILES string of the molecule is CCCNC(C1=CCCCC1)C(C)(CC)N1CCCCC1. The van der Waals surface area contributed by atoms with Crippen molar-refractivity contribution in [3.63, 3.8) is 0 Å². The lowest BCUT2D eigenvalue weighted by Crippen LogP contribution is -2.61. The topological polar surface area (TPSA) is 15.3 Å². The highest BCUT2D eigenvalue weighted by atomic mass is 15.2. The number of hydrogen-bond donors (Lipinski definition) is 1. The molecule has 0 aromatic rings. The molecule has 1 N–H and O–H groups in total. The predicted octanol–water partition coefficient (Wildman–Crippen LogP) is 4.51. The second-order valence-corrected chi connectivity index (χ2v) is 7.17. The van der Waals surface area contributed by atoms with E-state index >= 15 is 0 Å². The average Bonchev–Trinajstić information content (AvgIpc) is 2.56. The normalized spacial score (nSPS) is 25.2. The lowest BCUT2D eigenvalue weighted by atomic mass is 9.78. The largest absolute Gasteiger partial charge is 0.309 e. The molecule has 2 heteroatoms. The minimum atomic E-state index is 0.290. The maximum Gasteiger partial charge on any atom is 0.0463 e. The summed E-state index contributed by atoms with van der Waals surface area (Å²) in [6, 6.07) is 0.556. The van der Waals surface area contributed by atoms with Crippen molar-refractivity contribution in [2.75, 3.05) is 19.6 Å². The molecule has 2 atom stereocenters. The second-order valence-electron chi connectivity index (χ2n) is 7.17. The van der Waals surface area contributed by atoms with Crippen LogP contribution < -0.4 is 5.32 Å². The van der Waals surface area contributed by atoms with E-state index in [1.807, 2.05) is 0 Å². The van der Waals surface area contributed by atoms with Gasteiger partial charge in [-0.1, -0.05) is 31.9 Å². The first-order valence-corrected chi connectivity index (χ1v) is 9.39. The Hall–Kier alpha value is -0.340. The molecule has 0 radical (unpaired) electrons. The Bertz CT molecular complexity index is 330. The van der Waals surface area contributed by atoms with Crippen LogP contribution in [0.25, 0.3) is 0 Å². The predicted molar refractivity (Wildman–Crippen MR) is 92.8 cm³/mol. The van der Waals surface area contributed by atoms with E-state index in [1.165, 1.54) is 70.9 Å². The van der Waals surface area contributed by atoms with Crippen LogP contribution in [-0.4, -0.2) is 36.1 Å². The number of allylic oxidation sites excluding steroid dienone is 1. The fourth-order valence-corrected chi connectivity index (χ4v) is 4.18. The number of hydrogen-bond acceptors (Lipinski definition) is 2. The number of nitrogens with zero attached hydrogens (tertiary/aromatic N) is 1. The Morgan fingerprint density at radius 2 is 1.90 bits per heavy atom. The minimum Gasteiger partial charge on any atom is -0.309 e. The first-order valence-electron chi connectivity index (χ1n) is 9.39. The molecule has 2 aliphatic rings. The van der Waals surface area contributed by atoms with Gasteiger partial charge in [0.05, 0.1) is 0 Å². The van der Waals surface area contributed by atoms with Crippen molar-refractivity contribution in [2.45, 2.75) is 90.1 Å². The van der Waals surface area contributed by atoms with Gasteiger partial charge in [-0.3, -0.25) is 4.90 Å². The summed E-state index contributed by atoms with van der Waals surface area (Å²) in [5.41, 5.74) is 1.99. The van der Waals surface area contributed by atoms with Crippen molar-refractivity contribution in [1.29, 1.82) is 0 Å². The molecule has 1 fully saturated rings. The third-order valence-corrected chi connectivity index (χ3v) is 5.71. The molecule has 0 spiro atoms. The second kappa shape index (κ2) is 8.33. The lowest BCUT2D eigenvalue weighted by Gasteiger charge is -2.49. The highest BCUT2D eigenvalue weighted by molar-refractivity contribution is 5.20. The highest BCUT2D eigenvalue weighted by Gasteiger charge is 2.40. The first-order chi connectivity index (χ1) is 10.2. The molecule has 0 bridgehead atoms. The van der Waals surface area contributed by atoms with Crippen molar-refractivity contribution in [3.05, 3.63) is 11.6 Å². The van der Waals surface area contributed by atoms with Crippen molar-refractivity contribution < 1.29 is 0 Å². The van der Waals surface area contributed by atoms with Gasteiger partial charge < -0.3 is 5.32 Å². The Morgan fingerprint density at radius 3 is 2.48 bits per heavy atom. The molecule has 0 aromatic carbocycles. The quantitative estimate of drug-likeness (QED) is 0.695. The molecule has 1 aliphatic carbocycles. The van der Waals surface area contributed by atoms with Gasteiger partial charge in [0.15, 0.2) is 0 Å². The Morgan fingerprint density at radius 1 is 1.14 bits per heavy atom. The van der Waals surface area contributed by atoms with Gasteiger partial charge in [0, 0.05) is 11.6 Å². The van der Waals surface area contributed by atoms with Crippen LogP contribution in [0.1, 0.15) is 78.6 Å². The zero-order valence-electron chi connectivity index (χ0n) is 14.6. The van der Waals surface area contributed by atoms with Gasteiger partial charge in [0.25, 0.3) is 0 Å². The third-order valence-electron chi connectivity index (χ3n) is 5.71. The molecular formula is C19H36N2. The van der Waals surface area contributed by atoms with Crippen molar-refractivity contribution >= 4 is 0 Å². The molecule has 122 valence electrons. The zero-order valence-corrected chi connectivity index (χ0v) is 14.6. The standard InChI is InChI=1S/C19H36N2/c1-4-14-20-18(17-12-8-6-9-13-17)19(3,5-2)21-15-10-7-11-16-21/h12,18,20H,4-11,13-16H2,1-3H3. The highest BCUT2D eigenvalue weighted by Crippen LogP contribution is 2.34. The van der Waals surface area contributed by atoms with Gasteiger partial charge in [0.2, 0.25) is 0 Å². The summed E-state index contributed by atoms with van der Waals surface area (Å²) in [6.45, 7) is 10.9. The molecular weight excluding hydrogens is 256 g/mol. The zero-order chi connectivity index (χ0) is 15.1. The minimum absolute atomic E-state index is 0.290. The van der Waals surface area contributed by atoms with Gasteiger partial charge in [-0.05, 0) is 77.9 Å². The summed E-state index contributed by atoms with van der Waals surface area (Å²) in [5.74, 6) is 0. The van der Waals surface area contributed by atoms with Crippen LogP contribution >= 0.6 is 0 Å². The van der Waals surface area contributed by atoms with Crippen LogP contribution in [0.5, 0.6) is 0 Å². The lowest BCUT2D eigenvalue weighted by molar-refractivity contribution is 0.0520. The maximum absolute atomic E-state index is 3.92. The van der Waals surface area contributed by atoms with Gasteiger partial charge in [-0.25, -0.2) is 0 Å². The fraction of sp³-hybridized carbons (Fsp3) is 0.895. The first kappa shape index (κ1) is 17.0. The van der Waals surface area contributed by atoms with Crippen molar-refractivity contribution in [1.82, 2.24) is 10.2 Å². The van der Waals surface area contributed by atoms with E-state index in [1.54, 1.807) is 5.57 Å². The van der Waals surface area contributed by atoms with Crippen LogP contribution in [0.2, 0.25) is 0 Å². The maximum atomic E-state index is 3.92. The molecule has 21 heavy (non-hydrogen) atoms. The number of rotatable bonds is 7. The van der Waals surface area contributed by atoms with Crippen LogP contribution in [-0.2, 0) is 0 Å². The molecule has 2 unspecified atom stereocenters. The molecule has 2 nitrogen and oxygen atoms in total. The summed E-state index contributed by atoms with van der Waals surface area (Å²) in [7, 11) is 0. The van der Waals surface area contributed by atoms with E-state index < -0.39 is 0 Å². The van der Waals surface area contributed by atoms with Crippen LogP contribution in [0, 0.1) is 0 Å². The van der Waals surface area contributed by atoms with Gasteiger partial charge in [0.1, 0.15) is 0 Å². The fourth-order valence-electron chi connectivity index (χ4n) is 4.18. The van der Waals surface area contributed by atoms with E-state index in [2.05, 4.69) is 37.1 Å². The molecule has 2 rings (SSSR count). The molecule has 1 heterocycles. The number of piperidine rings is 1. The van der Waals surface area contributed by atoms with E-state index in [0.29, 0.717) is 11.6 Å². The van der Waals surface area contributed by atoms with Gasteiger partial charge in [-0.15, -0.1) is 0 Å². The molecule has 1 aliphatic heterocycles. The summed E-state index contributed by atoms with van der Waals surface area (Å²) in [4.78, 5) is 2.79. The van der Waals surface area contributed by atoms with E-state index in [9.17, 15) is 0 Å². The van der Waals surface area contributed by atoms with Crippen LogP contribution in [0.4, 0.5) is 0 Å². The Kier molecular flexibility index (Phi) is 6.75. The van der Waals surface area contributed by atoms with Crippen LogP contribution in [0.15, 0.2) is 11.6 Å². The third kappa shape index (κ3) is 4.10. The van der Waals surface area contributed by atoms with Gasteiger partial charge in [-0.2, -0.15) is 0 Å². The van der Waals surface area contributed by atoms with Crippen molar-refractivity contribution in [2.24, 2.45) is 0 Å². The Balaban J connectivity index is 2.19. The summed E-state index contributed by atoms with van der Waals surface area (Å²) in [5, 5.41) is 3.92. The number of likely N-dealkylation sites (tertiary alicyclic amines) is 1. The molecule has 0 aromatic heterocycles.